The lowest BCUT2D eigenvalue weighted by Crippen LogP contribution is -2.38. The molecular weight excluding hydrogens is 427 g/mol. The number of aryl methyl sites for hydroxylation is 1. The number of pyridine rings is 1. The molecule has 1 aliphatic rings. The maximum absolute atomic E-state index is 14.3. The zero-order chi connectivity index (χ0) is 23.4. The van der Waals surface area contributed by atoms with Crippen LogP contribution in [0.2, 0.25) is 0 Å². The summed E-state index contributed by atoms with van der Waals surface area (Å²) in [6, 6.07) is 9.60. The molecule has 172 valence electrons. The van der Waals surface area contributed by atoms with E-state index in [1.54, 1.807) is 24.3 Å². The second-order valence-corrected chi connectivity index (χ2v) is 7.54. The van der Waals surface area contributed by atoms with Crippen LogP contribution in [0.4, 0.5) is 10.3 Å². The molecular formula is C23H25FN6O3. The van der Waals surface area contributed by atoms with Crippen molar-refractivity contribution in [2.24, 2.45) is 5.16 Å². The van der Waals surface area contributed by atoms with Crippen molar-refractivity contribution in [1.82, 2.24) is 20.3 Å². The van der Waals surface area contributed by atoms with Gasteiger partial charge in [-0.25, -0.2) is 19.3 Å². The number of nitrogens with two attached hydrogens (primary N) is 1. The van der Waals surface area contributed by atoms with Crippen molar-refractivity contribution < 1.29 is 19.1 Å². The van der Waals surface area contributed by atoms with Crippen LogP contribution in [0.25, 0.3) is 11.3 Å². The molecule has 0 saturated heterocycles. The molecule has 0 spiro atoms. The van der Waals surface area contributed by atoms with Crippen LogP contribution in [-0.4, -0.2) is 46.2 Å². The van der Waals surface area contributed by atoms with Gasteiger partial charge in [0, 0.05) is 31.1 Å². The van der Waals surface area contributed by atoms with Gasteiger partial charge in [-0.15, -0.1) is 0 Å². The minimum absolute atomic E-state index is 0.00262. The lowest BCUT2D eigenvalue weighted by Gasteiger charge is -2.29. The van der Waals surface area contributed by atoms with Gasteiger partial charge in [-0.05, 0) is 30.7 Å². The molecule has 4 N–H and O–H groups in total. The van der Waals surface area contributed by atoms with Crippen LogP contribution < -0.4 is 15.8 Å². The minimum Gasteiger partial charge on any atom is -0.481 e. The van der Waals surface area contributed by atoms with Gasteiger partial charge in [-0.2, -0.15) is 0 Å². The fourth-order valence-electron chi connectivity index (χ4n) is 3.82. The molecule has 3 aromatic rings. The largest absolute Gasteiger partial charge is 0.481 e. The highest BCUT2D eigenvalue weighted by molar-refractivity contribution is 6.01. The van der Waals surface area contributed by atoms with E-state index in [-0.39, 0.29) is 31.0 Å². The van der Waals surface area contributed by atoms with Crippen LogP contribution in [-0.2, 0) is 11.3 Å². The van der Waals surface area contributed by atoms with Gasteiger partial charge in [0.25, 0.3) is 0 Å². The molecule has 0 bridgehead atoms. The predicted molar refractivity (Wildman–Crippen MR) is 121 cm³/mol. The smallest absolute Gasteiger partial charge is 0.220 e. The number of halogens is 1. The molecule has 10 heteroatoms. The molecule has 9 nitrogen and oxygen atoms in total. The number of anilines is 1. The Kier molecular flexibility index (Phi) is 6.64. The third kappa shape index (κ3) is 4.85. The van der Waals surface area contributed by atoms with Crippen LogP contribution >= 0.6 is 0 Å². The summed E-state index contributed by atoms with van der Waals surface area (Å²) in [6.45, 7) is 2.08. The number of methoxy groups -OCH3 is 1. The third-order valence-electron chi connectivity index (χ3n) is 5.28. The molecule has 0 amide bonds. The number of rotatable bonds is 7. The van der Waals surface area contributed by atoms with Gasteiger partial charge in [-0.3, -0.25) is 0 Å². The first-order valence-corrected chi connectivity index (χ1v) is 10.5. The number of amidine groups is 1. The van der Waals surface area contributed by atoms with Gasteiger partial charge in [0.2, 0.25) is 11.8 Å². The molecule has 1 unspecified atom stereocenters. The number of benzene rings is 1. The Morgan fingerprint density at radius 3 is 2.88 bits per heavy atom. The Hall–Kier alpha value is -3.79. The molecule has 3 heterocycles. The van der Waals surface area contributed by atoms with Crippen LogP contribution in [0.5, 0.6) is 5.88 Å². The topological polar surface area (TPSA) is 128 Å². The van der Waals surface area contributed by atoms with Crippen molar-refractivity contribution in [3.05, 3.63) is 64.7 Å². The summed E-state index contributed by atoms with van der Waals surface area (Å²) in [5.74, 6) is 0.672. The van der Waals surface area contributed by atoms with Crippen molar-refractivity contribution in [2.45, 2.75) is 25.8 Å². The number of hydrogen-bond acceptors (Lipinski definition) is 8. The molecule has 0 aliphatic carbocycles. The fourth-order valence-corrected chi connectivity index (χ4v) is 3.82. The monoisotopic (exact) mass is 452 g/mol. The van der Waals surface area contributed by atoms with Crippen molar-refractivity contribution in [1.29, 1.82) is 0 Å². The summed E-state index contributed by atoms with van der Waals surface area (Å²) in [6.07, 6.45) is 0.926. The van der Waals surface area contributed by atoms with E-state index in [1.807, 2.05) is 6.92 Å². The van der Waals surface area contributed by atoms with Crippen LogP contribution in [0.3, 0.4) is 0 Å². The molecule has 0 fully saturated rings. The van der Waals surface area contributed by atoms with Crippen LogP contribution in [0, 0.1) is 12.7 Å². The summed E-state index contributed by atoms with van der Waals surface area (Å²) in [4.78, 5) is 18.6. The second-order valence-electron chi connectivity index (χ2n) is 7.54. The molecule has 1 aliphatic heterocycles. The van der Waals surface area contributed by atoms with E-state index in [0.717, 1.165) is 5.56 Å². The van der Waals surface area contributed by atoms with Gasteiger partial charge >= 0.3 is 0 Å². The second kappa shape index (κ2) is 9.78. The minimum atomic E-state index is -0.377. The van der Waals surface area contributed by atoms with Crippen LogP contribution in [0.1, 0.15) is 35.0 Å². The van der Waals surface area contributed by atoms with E-state index in [9.17, 15) is 4.39 Å². The number of oxime groups is 1. The van der Waals surface area contributed by atoms with E-state index in [1.165, 1.54) is 19.2 Å². The first-order chi connectivity index (χ1) is 16.0. The zero-order valence-corrected chi connectivity index (χ0v) is 18.4. The van der Waals surface area contributed by atoms with Crippen molar-refractivity contribution in [3.8, 4) is 17.1 Å². The van der Waals surface area contributed by atoms with Gasteiger partial charge in [0.15, 0.2) is 5.84 Å². The van der Waals surface area contributed by atoms with Crippen LogP contribution in [0.15, 0.2) is 41.6 Å². The molecule has 33 heavy (non-hydrogen) atoms. The van der Waals surface area contributed by atoms with Crippen molar-refractivity contribution >= 4 is 11.8 Å². The number of nitrogens with zero attached hydrogens (tertiary/aromatic N) is 4. The quantitative estimate of drug-likeness (QED) is 0.369. The number of nitrogen functional groups attached to an aromatic ring is 1. The predicted octanol–water partition coefficient (Wildman–Crippen LogP) is 2.52. The van der Waals surface area contributed by atoms with E-state index < -0.39 is 0 Å². The van der Waals surface area contributed by atoms with Gasteiger partial charge in [-0.1, -0.05) is 17.3 Å². The van der Waals surface area contributed by atoms with E-state index >= 15 is 0 Å². The Labute approximate surface area is 190 Å². The number of ether oxygens (including phenoxy) is 1. The number of aliphatic hydroxyl groups is 1. The van der Waals surface area contributed by atoms with E-state index in [2.05, 4.69) is 25.4 Å². The Balaban J connectivity index is 1.78. The molecule has 1 atom stereocenters. The lowest BCUT2D eigenvalue weighted by molar-refractivity contribution is 0.122. The van der Waals surface area contributed by atoms with Crippen molar-refractivity contribution in [2.75, 3.05) is 26.1 Å². The summed E-state index contributed by atoms with van der Waals surface area (Å²) in [5.41, 5.74) is 10.0. The standard InChI is InChI=1S/C23H25FN6O3/c1-13-21-19(29-23(25)26-13)12-18(28-22(21)30-33-10-4-9-31)15-8-7-14(24)11-16(15)17-5-3-6-20(27-17)32-2/h3,5-8,11,18,31H,4,9-10,12H2,1-2H3,(H,28,30)(H2,25,26,29). The van der Waals surface area contributed by atoms with Gasteiger partial charge in [0.1, 0.15) is 12.4 Å². The molecule has 4 rings (SSSR count). The number of aromatic nitrogens is 3. The molecule has 0 radical (unpaired) electrons. The number of aliphatic hydroxyl groups excluding tert-OH is 1. The Morgan fingerprint density at radius 1 is 1.24 bits per heavy atom. The zero-order valence-electron chi connectivity index (χ0n) is 18.4. The van der Waals surface area contributed by atoms with E-state index in [0.29, 0.717) is 52.8 Å². The highest BCUT2D eigenvalue weighted by Gasteiger charge is 2.30. The molecule has 2 aromatic heterocycles. The maximum Gasteiger partial charge on any atom is 0.220 e. The van der Waals surface area contributed by atoms with Gasteiger partial charge in [0.05, 0.1) is 35.8 Å². The lowest BCUT2D eigenvalue weighted by atomic mass is 9.90. The Bertz CT molecular complexity index is 1190. The maximum atomic E-state index is 14.3. The number of nitrogens with one attached hydrogen (secondary N) is 1. The number of hydrogen-bond donors (Lipinski definition) is 3. The van der Waals surface area contributed by atoms with Crippen molar-refractivity contribution in [3.63, 3.8) is 0 Å². The normalized spacial score (nSPS) is 16.2. The fraction of sp³-hybridized carbons (Fsp3) is 0.304. The highest BCUT2D eigenvalue weighted by Crippen LogP contribution is 2.34. The SMILES string of the molecule is COc1cccc(-c2cc(F)ccc2C2Cc3nc(N)nc(C)c3C(=NOCCCO)N2)n1. The molecule has 0 saturated carbocycles. The average Bonchev–Trinajstić information content (AvgIpc) is 2.81. The Morgan fingerprint density at radius 2 is 2.09 bits per heavy atom. The first kappa shape index (κ1) is 22.4. The molecule has 1 aromatic carbocycles. The average molecular weight is 452 g/mol. The van der Waals surface area contributed by atoms with E-state index in [4.69, 9.17) is 20.4 Å². The highest BCUT2D eigenvalue weighted by atomic mass is 19.1. The van der Waals surface area contributed by atoms with Gasteiger partial charge < -0.3 is 25.7 Å². The first-order valence-electron chi connectivity index (χ1n) is 10.5. The third-order valence-corrected chi connectivity index (χ3v) is 5.28. The summed E-state index contributed by atoms with van der Waals surface area (Å²) in [7, 11) is 1.53. The summed E-state index contributed by atoms with van der Waals surface area (Å²) >= 11 is 0. The summed E-state index contributed by atoms with van der Waals surface area (Å²) < 4.78 is 19.5. The number of fused-ring (bicyclic) bond motifs is 1. The summed E-state index contributed by atoms with van der Waals surface area (Å²) in [5, 5.41) is 16.6.